The van der Waals surface area contributed by atoms with Gasteiger partial charge < -0.3 is 14.4 Å². The molecular weight excluding hydrogens is 396 g/mol. The number of aromatic nitrogens is 1. The molecule has 160 valence electrons. The van der Waals surface area contributed by atoms with Crippen molar-refractivity contribution in [2.45, 2.75) is 45.1 Å². The van der Waals surface area contributed by atoms with Crippen LogP contribution >= 0.6 is 0 Å². The molecule has 31 heavy (non-hydrogen) atoms. The lowest BCUT2D eigenvalue weighted by molar-refractivity contribution is -0.140. The van der Waals surface area contributed by atoms with Gasteiger partial charge in [-0.05, 0) is 50.3 Å². The van der Waals surface area contributed by atoms with Crippen LogP contribution in [0.5, 0.6) is 0 Å². The van der Waals surface area contributed by atoms with E-state index in [2.05, 4.69) is 10.5 Å². The molecule has 7 heteroatoms. The lowest BCUT2D eigenvalue weighted by atomic mass is 9.93. The Balaban J connectivity index is 1.54. The zero-order valence-electron chi connectivity index (χ0n) is 17.6. The van der Waals surface area contributed by atoms with Gasteiger partial charge in [-0.15, -0.1) is 0 Å². The predicted molar refractivity (Wildman–Crippen MR) is 116 cm³/mol. The van der Waals surface area contributed by atoms with Gasteiger partial charge in [-0.25, -0.2) is 4.79 Å². The summed E-state index contributed by atoms with van der Waals surface area (Å²) in [7, 11) is 0. The standard InChI is InChI=1S/C24H24N2O5/c1-14(2)30-23(29)25-20-15(3)31-26-21(20)18-6-4-16(5-7-18)17-8-10-19(11-9-17)24(12-13-24)22(27)28/h4-11,14H,12-13H2,1-3H3,(H,25,29)(H,27,28). The number of anilines is 1. The van der Waals surface area contributed by atoms with Crippen LogP contribution in [-0.4, -0.2) is 28.4 Å². The number of carbonyl (C=O) groups is 2. The molecule has 2 aromatic carbocycles. The van der Waals surface area contributed by atoms with E-state index in [-0.39, 0.29) is 6.10 Å². The molecule has 1 heterocycles. The van der Waals surface area contributed by atoms with Gasteiger partial charge in [0.2, 0.25) is 0 Å². The molecule has 0 unspecified atom stereocenters. The highest BCUT2D eigenvalue weighted by Crippen LogP contribution is 2.48. The molecule has 1 saturated carbocycles. The molecule has 1 fully saturated rings. The number of amides is 1. The molecule has 1 aliphatic rings. The second-order valence-corrected chi connectivity index (χ2v) is 8.08. The van der Waals surface area contributed by atoms with Crippen LogP contribution in [0.2, 0.25) is 0 Å². The fourth-order valence-electron chi connectivity index (χ4n) is 3.62. The molecule has 1 amide bonds. The van der Waals surface area contributed by atoms with Crippen molar-refractivity contribution in [3.8, 4) is 22.4 Å². The Kier molecular flexibility index (Phi) is 5.27. The fraction of sp³-hybridized carbons (Fsp3) is 0.292. The maximum absolute atomic E-state index is 12.0. The smallest absolute Gasteiger partial charge is 0.412 e. The van der Waals surface area contributed by atoms with Gasteiger partial charge >= 0.3 is 12.1 Å². The lowest BCUT2D eigenvalue weighted by Crippen LogP contribution is -2.19. The van der Waals surface area contributed by atoms with Crippen LogP contribution in [0.1, 0.15) is 38.0 Å². The summed E-state index contributed by atoms with van der Waals surface area (Å²) in [6, 6.07) is 15.4. The number of hydrogen-bond donors (Lipinski definition) is 2. The SMILES string of the molecule is Cc1onc(-c2ccc(-c3ccc(C4(C(=O)O)CC4)cc3)cc2)c1NC(=O)OC(C)C. The number of carboxylic acids is 1. The van der Waals surface area contributed by atoms with Crippen LogP contribution in [0.4, 0.5) is 10.5 Å². The molecular formula is C24H24N2O5. The first-order valence-corrected chi connectivity index (χ1v) is 10.2. The Morgan fingerprint density at radius 3 is 2.10 bits per heavy atom. The zero-order chi connectivity index (χ0) is 22.2. The number of rotatable bonds is 6. The number of nitrogens with one attached hydrogen (secondary N) is 1. The number of carbonyl (C=O) groups excluding carboxylic acids is 1. The van der Waals surface area contributed by atoms with Crippen LogP contribution in [0.3, 0.4) is 0 Å². The summed E-state index contributed by atoms with van der Waals surface area (Å²) in [4.78, 5) is 23.5. The monoisotopic (exact) mass is 420 g/mol. The first-order chi connectivity index (χ1) is 14.8. The maximum atomic E-state index is 12.0. The summed E-state index contributed by atoms with van der Waals surface area (Å²) in [6.07, 6.45) is 0.581. The number of hydrogen-bond acceptors (Lipinski definition) is 5. The Morgan fingerprint density at radius 2 is 1.58 bits per heavy atom. The quantitative estimate of drug-likeness (QED) is 0.554. The molecule has 3 aromatic rings. The van der Waals surface area contributed by atoms with E-state index in [1.165, 1.54) is 0 Å². The van der Waals surface area contributed by atoms with E-state index in [1.807, 2.05) is 48.5 Å². The van der Waals surface area contributed by atoms with Crippen molar-refractivity contribution < 1.29 is 24.0 Å². The fourth-order valence-corrected chi connectivity index (χ4v) is 3.62. The number of aliphatic carboxylic acids is 1. The van der Waals surface area contributed by atoms with Crippen molar-refractivity contribution in [1.29, 1.82) is 0 Å². The second kappa shape index (κ2) is 7.91. The van der Waals surface area contributed by atoms with E-state index >= 15 is 0 Å². The number of carboxylic acid groups (broad SMARTS) is 1. The van der Waals surface area contributed by atoms with Crippen molar-refractivity contribution >= 4 is 17.7 Å². The number of aryl methyl sites for hydroxylation is 1. The van der Waals surface area contributed by atoms with E-state index in [0.717, 1.165) is 22.3 Å². The number of benzene rings is 2. The van der Waals surface area contributed by atoms with Crippen LogP contribution in [0.25, 0.3) is 22.4 Å². The molecule has 1 aromatic heterocycles. The van der Waals surface area contributed by atoms with Crippen molar-refractivity contribution in [2.24, 2.45) is 0 Å². The van der Waals surface area contributed by atoms with Crippen LogP contribution in [0.15, 0.2) is 53.1 Å². The molecule has 0 aliphatic heterocycles. The van der Waals surface area contributed by atoms with Crippen LogP contribution in [-0.2, 0) is 14.9 Å². The molecule has 4 rings (SSSR count). The average Bonchev–Trinajstić information content (AvgIpc) is 3.48. The van der Waals surface area contributed by atoms with Crippen molar-refractivity contribution in [2.75, 3.05) is 5.32 Å². The van der Waals surface area contributed by atoms with Crippen LogP contribution in [0, 0.1) is 6.92 Å². The Morgan fingerprint density at radius 1 is 1.03 bits per heavy atom. The number of ether oxygens (including phenoxy) is 1. The molecule has 0 bridgehead atoms. The third-order valence-electron chi connectivity index (χ3n) is 5.52. The lowest BCUT2D eigenvalue weighted by Gasteiger charge is -2.11. The van der Waals surface area contributed by atoms with Crippen molar-refractivity contribution in [3.05, 3.63) is 59.9 Å². The highest BCUT2D eigenvalue weighted by atomic mass is 16.6. The third kappa shape index (κ3) is 4.03. The highest BCUT2D eigenvalue weighted by molar-refractivity contribution is 5.91. The zero-order valence-corrected chi connectivity index (χ0v) is 17.6. The largest absolute Gasteiger partial charge is 0.481 e. The van der Waals surface area contributed by atoms with E-state index in [1.54, 1.807) is 20.8 Å². The van der Waals surface area contributed by atoms with E-state index < -0.39 is 17.5 Å². The molecule has 0 radical (unpaired) electrons. The van der Waals surface area contributed by atoms with Gasteiger partial charge in [0.1, 0.15) is 11.4 Å². The van der Waals surface area contributed by atoms with Gasteiger partial charge in [-0.2, -0.15) is 0 Å². The summed E-state index contributed by atoms with van der Waals surface area (Å²) in [5, 5.41) is 16.2. The summed E-state index contributed by atoms with van der Waals surface area (Å²) in [5.41, 5.74) is 3.93. The molecule has 0 atom stereocenters. The molecule has 0 spiro atoms. The Bertz CT molecular complexity index is 1110. The third-order valence-corrected chi connectivity index (χ3v) is 5.52. The average molecular weight is 420 g/mol. The van der Waals surface area contributed by atoms with Gasteiger partial charge in [0.25, 0.3) is 0 Å². The molecule has 2 N–H and O–H groups in total. The topological polar surface area (TPSA) is 102 Å². The highest BCUT2D eigenvalue weighted by Gasteiger charge is 2.51. The predicted octanol–water partition coefficient (Wildman–Crippen LogP) is 5.39. The molecule has 7 nitrogen and oxygen atoms in total. The first-order valence-electron chi connectivity index (χ1n) is 10.2. The summed E-state index contributed by atoms with van der Waals surface area (Å²) in [6.45, 7) is 5.28. The second-order valence-electron chi connectivity index (χ2n) is 8.08. The Labute approximate surface area is 180 Å². The minimum atomic E-state index is -0.755. The maximum Gasteiger partial charge on any atom is 0.412 e. The normalized spacial score (nSPS) is 14.3. The molecule has 1 aliphatic carbocycles. The molecule has 0 saturated heterocycles. The van der Waals surface area contributed by atoms with Gasteiger partial charge in [0.15, 0.2) is 5.76 Å². The Hall–Kier alpha value is -3.61. The minimum absolute atomic E-state index is 0.236. The van der Waals surface area contributed by atoms with E-state index in [0.29, 0.717) is 30.0 Å². The van der Waals surface area contributed by atoms with Crippen molar-refractivity contribution in [1.82, 2.24) is 5.16 Å². The number of nitrogens with zero attached hydrogens (tertiary/aromatic N) is 1. The van der Waals surface area contributed by atoms with Crippen LogP contribution < -0.4 is 5.32 Å². The van der Waals surface area contributed by atoms with Gasteiger partial charge in [0.05, 0.1) is 11.5 Å². The summed E-state index contributed by atoms with van der Waals surface area (Å²) >= 11 is 0. The van der Waals surface area contributed by atoms with Crippen molar-refractivity contribution in [3.63, 3.8) is 0 Å². The van der Waals surface area contributed by atoms with Gasteiger partial charge in [0, 0.05) is 5.56 Å². The first kappa shape index (κ1) is 20.7. The summed E-state index contributed by atoms with van der Waals surface area (Å²) < 4.78 is 10.4. The van der Waals surface area contributed by atoms with Gasteiger partial charge in [-0.1, -0.05) is 53.7 Å². The van der Waals surface area contributed by atoms with Gasteiger partial charge in [-0.3, -0.25) is 10.1 Å². The minimum Gasteiger partial charge on any atom is -0.481 e. The van der Waals surface area contributed by atoms with E-state index in [4.69, 9.17) is 9.26 Å². The summed E-state index contributed by atoms with van der Waals surface area (Å²) in [5.74, 6) is -0.267. The van der Waals surface area contributed by atoms with E-state index in [9.17, 15) is 14.7 Å².